The van der Waals surface area contributed by atoms with E-state index in [2.05, 4.69) is 27.7 Å². The Labute approximate surface area is 140 Å². The topological polar surface area (TPSA) is 46.5 Å². The number of aliphatic hydroxyl groups excluding tert-OH is 1. The maximum atomic E-state index is 12.1. The molecule has 2 unspecified atom stereocenters. The first-order valence-corrected chi connectivity index (χ1v) is 9.56. The van der Waals surface area contributed by atoms with Gasteiger partial charge in [-0.05, 0) is 54.8 Å². The smallest absolute Gasteiger partial charge is 0.309 e. The average Bonchev–Trinajstić information content (AvgIpc) is 2.84. The number of ether oxygens (including phenoxy) is 1. The number of rotatable bonds is 0. The molecule has 1 heterocycles. The third-order valence-electron chi connectivity index (χ3n) is 8.76. The minimum atomic E-state index is -0.301. The van der Waals surface area contributed by atoms with E-state index in [0.29, 0.717) is 29.3 Å². The summed E-state index contributed by atoms with van der Waals surface area (Å²) in [5.41, 5.74) is 0.453. The molecule has 1 aliphatic heterocycles. The van der Waals surface area contributed by atoms with E-state index in [1.165, 1.54) is 19.3 Å². The number of carbonyl (C=O) groups is 1. The number of hydrogen-bond acceptors (Lipinski definition) is 3. The van der Waals surface area contributed by atoms with E-state index in [4.69, 9.17) is 4.74 Å². The average molecular weight is 320 g/mol. The Morgan fingerprint density at radius 1 is 1.09 bits per heavy atom. The molecule has 0 amide bonds. The molecule has 23 heavy (non-hydrogen) atoms. The lowest BCUT2D eigenvalue weighted by Gasteiger charge is -2.67. The molecule has 0 aromatic carbocycles. The first-order valence-electron chi connectivity index (χ1n) is 9.56. The number of aliphatic hydroxyl groups is 1. The molecule has 4 fully saturated rings. The van der Waals surface area contributed by atoms with Crippen LogP contribution in [0.4, 0.5) is 0 Å². The Hall–Kier alpha value is -0.570. The van der Waals surface area contributed by atoms with Crippen molar-refractivity contribution in [3.63, 3.8) is 0 Å². The number of carbonyl (C=O) groups excluding carboxylic acids is 1. The van der Waals surface area contributed by atoms with Crippen molar-refractivity contribution in [1.82, 2.24) is 0 Å². The largest absolute Gasteiger partial charge is 0.465 e. The van der Waals surface area contributed by atoms with Crippen molar-refractivity contribution in [2.45, 2.75) is 72.3 Å². The van der Waals surface area contributed by atoms with E-state index in [1.807, 2.05) is 0 Å². The van der Waals surface area contributed by atoms with Crippen LogP contribution in [0.1, 0.15) is 66.2 Å². The second-order valence-corrected chi connectivity index (χ2v) is 9.99. The first-order chi connectivity index (χ1) is 10.7. The van der Waals surface area contributed by atoms with Crippen LogP contribution in [0.2, 0.25) is 0 Å². The standard InChI is InChI=1S/C20H32O3/c1-18(2)8-5-9-19(3)14-7-6-12-13(11-23-17(12)22)20(14,4)16(21)10-15(18)19/h12-16,21H,5-11H2,1-4H3/t12-,13-,14?,15?,16-,19-,20+/m1/s1. The van der Waals surface area contributed by atoms with E-state index in [9.17, 15) is 9.90 Å². The summed E-state index contributed by atoms with van der Waals surface area (Å²) in [6.07, 6.45) is 6.48. The van der Waals surface area contributed by atoms with Crippen LogP contribution < -0.4 is 0 Å². The number of fused-ring (bicyclic) bond motifs is 5. The van der Waals surface area contributed by atoms with Gasteiger partial charge in [-0.15, -0.1) is 0 Å². The van der Waals surface area contributed by atoms with Gasteiger partial charge in [-0.1, -0.05) is 34.1 Å². The van der Waals surface area contributed by atoms with Gasteiger partial charge in [0.15, 0.2) is 0 Å². The van der Waals surface area contributed by atoms with E-state index >= 15 is 0 Å². The predicted octanol–water partition coefficient (Wildman–Crippen LogP) is 3.79. The highest BCUT2D eigenvalue weighted by molar-refractivity contribution is 5.75. The summed E-state index contributed by atoms with van der Waals surface area (Å²) < 4.78 is 5.42. The van der Waals surface area contributed by atoms with Crippen molar-refractivity contribution in [3.8, 4) is 0 Å². The van der Waals surface area contributed by atoms with Crippen molar-refractivity contribution in [2.24, 2.45) is 39.9 Å². The lowest BCUT2D eigenvalue weighted by molar-refractivity contribution is -0.219. The Bertz CT molecular complexity index is 527. The molecule has 0 bridgehead atoms. The summed E-state index contributed by atoms with van der Waals surface area (Å²) in [6, 6.07) is 0. The first kappa shape index (κ1) is 15.9. The Morgan fingerprint density at radius 3 is 2.57 bits per heavy atom. The summed E-state index contributed by atoms with van der Waals surface area (Å²) in [6.45, 7) is 10.1. The van der Waals surface area contributed by atoms with Gasteiger partial charge in [0.2, 0.25) is 0 Å². The highest BCUT2D eigenvalue weighted by Crippen LogP contribution is 2.69. The molecule has 3 saturated carbocycles. The summed E-state index contributed by atoms with van der Waals surface area (Å²) in [4.78, 5) is 12.1. The summed E-state index contributed by atoms with van der Waals surface area (Å²) in [5.74, 6) is 1.33. The molecule has 0 spiro atoms. The monoisotopic (exact) mass is 320 g/mol. The predicted molar refractivity (Wildman–Crippen MR) is 88.6 cm³/mol. The van der Waals surface area contributed by atoms with Crippen LogP contribution in [0.15, 0.2) is 0 Å². The molecule has 0 radical (unpaired) electrons. The number of cyclic esters (lactones) is 1. The normalized spacial score (nSPS) is 54.7. The van der Waals surface area contributed by atoms with Gasteiger partial charge >= 0.3 is 5.97 Å². The molecule has 130 valence electrons. The lowest BCUT2D eigenvalue weighted by Crippen LogP contribution is -2.64. The van der Waals surface area contributed by atoms with Crippen LogP contribution in [0.3, 0.4) is 0 Å². The number of esters is 1. The third-order valence-corrected chi connectivity index (χ3v) is 8.76. The van der Waals surface area contributed by atoms with Crippen molar-refractivity contribution in [2.75, 3.05) is 6.61 Å². The lowest BCUT2D eigenvalue weighted by atomic mass is 9.38. The van der Waals surface area contributed by atoms with E-state index in [-0.39, 0.29) is 29.3 Å². The molecule has 0 aromatic heterocycles. The highest BCUT2D eigenvalue weighted by Gasteiger charge is 2.67. The van der Waals surface area contributed by atoms with Gasteiger partial charge < -0.3 is 9.84 Å². The summed E-state index contributed by atoms with van der Waals surface area (Å²) >= 11 is 0. The van der Waals surface area contributed by atoms with Gasteiger partial charge in [0.05, 0.1) is 18.6 Å². The fourth-order valence-electron chi connectivity index (χ4n) is 7.58. The van der Waals surface area contributed by atoms with Crippen LogP contribution in [0.25, 0.3) is 0 Å². The van der Waals surface area contributed by atoms with Gasteiger partial charge in [0.25, 0.3) is 0 Å². The van der Waals surface area contributed by atoms with E-state index in [0.717, 1.165) is 19.3 Å². The zero-order chi connectivity index (χ0) is 16.6. The fraction of sp³-hybridized carbons (Fsp3) is 0.950. The number of hydrogen-bond donors (Lipinski definition) is 1. The minimum Gasteiger partial charge on any atom is -0.465 e. The maximum absolute atomic E-state index is 12.1. The van der Waals surface area contributed by atoms with Gasteiger partial charge in [0.1, 0.15) is 0 Å². The zero-order valence-electron chi connectivity index (χ0n) is 15.1. The molecular weight excluding hydrogens is 288 g/mol. The van der Waals surface area contributed by atoms with E-state index < -0.39 is 0 Å². The second-order valence-electron chi connectivity index (χ2n) is 9.99. The van der Waals surface area contributed by atoms with Crippen molar-refractivity contribution >= 4 is 5.97 Å². The summed E-state index contributed by atoms with van der Waals surface area (Å²) in [7, 11) is 0. The Kier molecular flexibility index (Phi) is 3.28. The highest BCUT2D eigenvalue weighted by atomic mass is 16.5. The minimum absolute atomic E-state index is 0.0156. The maximum Gasteiger partial charge on any atom is 0.309 e. The fourth-order valence-corrected chi connectivity index (χ4v) is 7.58. The third kappa shape index (κ3) is 1.89. The Balaban J connectivity index is 1.77. The van der Waals surface area contributed by atoms with E-state index in [1.54, 1.807) is 0 Å². The molecule has 3 heteroatoms. The van der Waals surface area contributed by atoms with Crippen LogP contribution in [0.5, 0.6) is 0 Å². The Morgan fingerprint density at radius 2 is 1.83 bits per heavy atom. The van der Waals surface area contributed by atoms with Crippen molar-refractivity contribution in [1.29, 1.82) is 0 Å². The van der Waals surface area contributed by atoms with Gasteiger partial charge in [0, 0.05) is 11.3 Å². The molecule has 4 aliphatic rings. The van der Waals surface area contributed by atoms with Crippen molar-refractivity contribution in [3.05, 3.63) is 0 Å². The molecule has 1 saturated heterocycles. The SMILES string of the molecule is CC1(C)CCC[C@@]2(C)C1C[C@@H](O)[C@]1(C)C2CC[C@H]2C(=O)OC[C@H]21. The molecule has 3 nitrogen and oxygen atoms in total. The van der Waals surface area contributed by atoms with Gasteiger partial charge in [-0.25, -0.2) is 0 Å². The summed E-state index contributed by atoms with van der Waals surface area (Å²) in [5, 5.41) is 11.2. The van der Waals surface area contributed by atoms with Gasteiger partial charge in [-0.3, -0.25) is 4.79 Å². The van der Waals surface area contributed by atoms with Crippen LogP contribution in [-0.2, 0) is 9.53 Å². The van der Waals surface area contributed by atoms with Gasteiger partial charge in [-0.2, -0.15) is 0 Å². The molecule has 0 aromatic rings. The quantitative estimate of drug-likeness (QED) is 0.691. The zero-order valence-corrected chi connectivity index (χ0v) is 15.1. The van der Waals surface area contributed by atoms with Crippen molar-refractivity contribution < 1.29 is 14.6 Å². The second kappa shape index (κ2) is 4.74. The van der Waals surface area contributed by atoms with Crippen LogP contribution in [-0.4, -0.2) is 23.8 Å². The van der Waals surface area contributed by atoms with Crippen LogP contribution >= 0.6 is 0 Å². The molecule has 3 aliphatic carbocycles. The molecule has 1 N–H and O–H groups in total. The molecule has 4 rings (SSSR count). The molecular formula is C20H32O3. The van der Waals surface area contributed by atoms with Crippen LogP contribution in [0, 0.1) is 39.9 Å². The molecule has 7 atom stereocenters.